The standard InChI is InChI=1S/C29H47N.CH4/c1-6-19-30-24-15-17-29(5)23(20-24)11-13-25-26-14-12-22(10-8-7-9-21(2)3)28(26,4)18-16-27(25)29;/h1,11,21-22,24-27,30H,7-10,12-20H2,2-5H3;1H4. The molecule has 0 amide bonds. The molecule has 1 N–H and O–H groups in total. The molecule has 7 unspecified atom stereocenters. The van der Waals surface area contributed by atoms with Gasteiger partial charge in [0.05, 0.1) is 6.54 Å². The Balaban J connectivity index is 0.00000272. The zero-order valence-corrected chi connectivity index (χ0v) is 20.3. The Labute approximate surface area is 194 Å². The number of allylic oxidation sites excluding steroid dienone is 1. The zero-order valence-electron chi connectivity index (χ0n) is 20.3. The first-order chi connectivity index (χ1) is 14.4. The Morgan fingerprint density at radius 2 is 1.90 bits per heavy atom. The third-order valence-electron chi connectivity index (χ3n) is 10.4. The van der Waals surface area contributed by atoms with Gasteiger partial charge < -0.3 is 5.32 Å². The van der Waals surface area contributed by atoms with E-state index in [2.05, 4.69) is 45.0 Å². The van der Waals surface area contributed by atoms with Crippen LogP contribution >= 0.6 is 0 Å². The van der Waals surface area contributed by atoms with E-state index in [4.69, 9.17) is 6.42 Å². The van der Waals surface area contributed by atoms with Crippen molar-refractivity contribution in [2.45, 2.75) is 118 Å². The second-order valence-electron chi connectivity index (χ2n) is 12.3. The number of hydrogen-bond acceptors (Lipinski definition) is 1. The largest absolute Gasteiger partial charge is 0.303 e. The van der Waals surface area contributed by atoms with Gasteiger partial charge >= 0.3 is 0 Å². The van der Waals surface area contributed by atoms with Gasteiger partial charge in [0.1, 0.15) is 0 Å². The lowest BCUT2D eigenvalue weighted by Crippen LogP contribution is -2.51. The molecule has 0 aromatic rings. The Morgan fingerprint density at radius 1 is 1.10 bits per heavy atom. The summed E-state index contributed by atoms with van der Waals surface area (Å²) in [6.45, 7) is 10.8. The molecule has 0 spiro atoms. The second kappa shape index (κ2) is 10.0. The first-order valence-corrected chi connectivity index (χ1v) is 13.2. The minimum Gasteiger partial charge on any atom is -0.303 e. The number of fused-ring (bicyclic) bond motifs is 5. The van der Waals surface area contributed by atoms with Crippen molar-refractivity contribution in [3.8, 4) is 12.3 Å². The molecule has 176 valence electrons. The van der Waals surface area contributed by atoms with Crippen LogP contribution in [0.2, 0.25) is 0 Å². The van der Waals surface area contributed by atoms with Crippen LogP contribution in [-0.4, -0.2) is 12.6 Å². The van der Waals surface area contributed by atoms with Crippen molar-refractivity contribution in [1.82, 2.24) is 5.32 Å². The van der Waals surface area contributed by atoms with Gasteiger partial charge in [-0.1, -0.05) is 72.0 Å². The van der Waals surface area contributed by atoms with Crippen molar-refractivity contribution in [2.24, 2.45) is 40.4 Å². The van der Waals surface area contributed by atoms with Gasteiger partial charge in [0.2, 0.25) is 0 Å². The maximum absolute atomic E-state index is 5.49. The molecule has 1 nitrogen and oxygen atoms in total. The van der Waals surface area contributed by atoms with E-state index in [0.29, 0.717) is 16.9 Å². The van der Waals surface area contributed by atoms with E-state index in [9.17, 15) is 0 Å². The van der Waals surface area contributed by atoms with Crippen LogP contribution in [0.3, 0.4) is 0 Å². The maximum atomic E-state index is 5.49. The lowest BCUT2D eigenvalue weighted by Gasteiger charge is -2.58. The van der Waals surface area contributed by atoms with E-state index in [1.165, 1.54) is 77.0 Å². The van der Waals surface area contributed by atoms with Crippen molar-refractivity contribution in [3.63, 3.8) is 0 Å². The predicted molar refractivity (Wildman–Crippen MR) is 136 cm³/mol. The van der Waals surface area contributed by atoms with E-state index >= 15 is 0 Å². The Morgan fingerprint density at radius 3 is 2.65 bits per heavy atom. The minimum atomic E-state index is 0. The fraction of sp³-hybridized carbons (Fsp3) is 0.867. The molecule has 1 heteroatoms. The first kappa shape index (κ1) is 24.9. The van der Waals surface area contributed by atoms with Crippen LogP contribution < -0.4 is 5.32 Å². The summed E-state index contributed by atoms with van der Waals surface area (Å²) in [5.41, 5.74) is 2.87. The average molecular weight is 426 g/mol. The fourth-order valence-electron chi connectivity index (χ4n) is 8.56. The highest BCUT2D eigenvalue weighted by molar-refractivity contribution is 5.26. The topological polar surface area (TPSA) is 12.0 Å². The van der Waals surface area contributed by atoms with Crippen LogP contribution in [0.5, 0.6) is 0 Å². The molecule has 0 saturated heterocycles. The molecule has 3 fully saturated rings. The van der Waals surface area contributed by atoms with Crippen LogP contribution in [0.1, 0.15) is 112 Å². The van der Waals surface area contributed by atoms with Gasteiger partial charge in [0.25, 0.3) is 0 Å². The number of hydrogen-bond donors (Lipinski definition) is 1. The van der Waals surface area contributed by atoms with Gasteiger partial charge in [-0.15, -0.1) is 6.42 Å². The highest BCUT2D eigenvalue weighted by Crippen LogP contribution is 2.66. The summed E-state index contributed by atoms with van der Waals surface area (Å²) in [5.74, 6) is 7.51. The molecular formula is C30H51N. The predicted octanol–water partition coefficient (Wildman–Crippen LogP) is 8.01. The molecule has 0 bridgehead atoms. The Bertz CT molecular complexity index is 668. The Hall–Kier alpha value is -0.740. The maximum Gasteiger partial charge on any atom is 0.0576 e. The van der Waals surface area contributed by atoms with Gasteiger partial charge in [-0.05, 0) is 98.2 Å². The lowest BCUT2D eigenvalue weighted by molar-refractivity contribution is -0.0441. The summed E-state index contributed by atoms with van der Waals surface area (Å²) < 4.78 is 0. The Kier molecular flexibility index (Phi) is 8.06. The lowest BCUT2D eigenvalue weighted by atomic mass is 9.47. The first-order valence-electron chi connectivity index (χ1n) is 13.2. The highest BCUT2D eigenvalue weighted by Gasteiger charge is 2.58. The van der Waals surface area contributed by atoms with E-state index in [0.717, 1.165) is 36.1 Å². The molecule has 0 heterocycles. The average Bonchev–Trinajstić information content (AvgIpc) is 3.05. The molecule has 7 atom stereocenters. The minimum absolute atomic E-state index is 0. The van der Waals surface area contributed by atoms with Gasteiger partial charge in [-0.2, -0.15) is 0 Å². The molecule has 4 rings (SSSR count). The van der Waals surface area contributed by atoms with Crippen molar-refractivity contribution in [1.29, 1.82) is 0 Å². The van der Waals surface area contributed by atoms with Crippen molar-refractivity contribution < 1.29 is 0 Å². The van der Waals surface area contributed by atoms with Crippen molar-refractivity contribution in [2.75, 3.05) is 6.54 Å². The summed E-state index contributed by atoms with van der Waals surface area (Å²) in [5, 5.41) is 3.60. The molecule has 31 heavy (non-hydrogen) atoms. The van der Waals surface area contributed by atoms with Gasteiger partial charge in [0, 0.05) is 6.04 Å². The fourth-order valence-corrected chi connectivity index (χ4v) is 8.56. The number of unbranched alkanes of at least 4 members (excludes halogenated alkanes) is 1. The number of rotatable bonds is 7. The molecular weight excluding hydrogens is 374 g/mol. The quantitative estimate of drug-likeness (QED) is 0.247. The summed E-state index contributed by atoms with van der Waals surface area (Å²) in [4.78, 5) is 0. The molecule has 0 radical (unpaired) electrons. The van der Waals surface area contributed by atoms with Crippen LogP contribution in [0.25, 0.3) is 0 Å². The third-order valence-corrected chi connectivity index (χ3v) is 10.4. The van der Waals surface area contributed by atoms with Crippen molar-refractivity contribution in [3.05, 3.63) is 11.6 Å². The molecule has 0 aromatic heterocycles. The molecule has 4 aliphatic rings. The summed E-state index contributed by atoms with van der Waals surface area (Å²) >= 11 is 0. The monoisotopic (exact) mass is 425 g/mol. The summed E-state index contributed by atoms with van der Waals surface area (Å²) in [6.07, 6.45) is 25.3. The normalized spacial score (nSPS) is 41.4. The number of nitrogens with one attached hydrogen (secondary N) is 1. The zero-order chi connectivity index (χ0) is 21.4. The van der Waals surface area contributed by atoms with Crippen molar-refractivity contribution >= 4 is 0 Å². The van der Waals surface area contributed by atoms with E-state index in [-0.39, 0.29) is 7.43 Å². The van der Waals surface area contributed by atoms with Crippen LogP contribution in [0, 0.1) is 52.8 Å². The second-order valence-corrected chi connectivity index (χ2v) is 12.3. The molecule has 4 aliphatic carbocycles. The third kappa shape index (κ3) is 4.67. The van der Waals surface area contributed by atoms with E-state index in [1.807, 2.05) is 0 Å². The molecule has 0 aromatic carbocycles. The van der Waals surface area contributed by atoms with Crippen LogP contribution in [0.15, 0.2) is 11.6 Å². The molecule has 3 saturated carbocycles. The van der Waals surface area contributed by atoms with Gasteiger partial charge in [-0.3, -0.25) is 0 Å². The van der Waals surface area contributed by atoms with E-state index < -0.39 is 0 Å². The molecule has 0 aliphatic heterocycles. The number of terminal acetylenes is 1. The summed E-state index contributed by atoms with van der Waals surface area (Å²) in [7, 11) is 0. The van der Waals surface area contributed by atoms with Crippen LogP contribution in [-0.2, 0) is 0 Å². The smallest absolute Gasteiger partial charge is 0.0576 e. The highest BCUT2D eigenvalue weighted by atomic mass is 14.9. The SMILES string of the molecule is C.C#CCNC1CCC2(C)C(=CCC3C2CCC2(C)C(CCCCC(C)C)CCC32)C1. The summed E-state index contributed by atoms with van der Waals surface area (Å²) in [6, 6.07) is 0.604. The van der Waals surface area contributed by atoms with E-state index in [1.54, 1.807) is 5.57 Å². The van der Waals surface area contributed by atoms with Crippen LogP contribution in [0.4, 0.5) is 0 Å². The van der Waals surface area contributed by atoms with Gasteiger partial charge in [0.15, 0.2) is 0 Å². The van der Waals surface area contributed by atoms with Gasteiger partial charge in [-0.25, -0.2) is 0 Å².